The normalized spacial score (nSPS) is 13.1. The van der Waals surface area contributed by atoms with Crippen LogP contribution in [0.15, 0.2) is 200 Å². The molecule has 7 rings (SSSR count). The molecule has 0 aromatic heterocycles. The highest BCUT2D eigenvalue weighted by Crippen LogP contribution is 2.49. The van der Waals surface area contributed by atoms with Crippen LogP contribution in [0.2, 0.25) is 0 Å². The van der Waals surface area contributed by atoms with Crippen molar-refractivity contribution in [3.8, 4) is 11.8 Å². The molecule has 1 aliphatic carbocycles. The third-order valence-corrected chi connectivity index (χ3v) is 8.97. The van der Waals surface area contributed by atoms with E-state index in [-0.39, 0.29) is 5.41 Å². The molecule has 6 aromatic rings. The number of hydrogen-bond donors (Lipinski definition) is 0. The van der Waals surface area contributed by atoms with Crippen LogP contribution in [0.5, 0.6) is 0 Å². The molecule has 52 heavy (non-hydrogen) atoms. The first-order chi connectivity index (χ1) is 25.4. The number of hydrogen-bond acceptors (Lipinski definition) is 2. The van der Waals surface area contributed by atoms with Gasteiger partial charge in [-0.15, -0.1) is 0 Å². The van der Waals surface area contributed by atoms with Crippen LogP contribution in [-0.4, -0.2) is 7.05 Å². The minimum Gasteiger partial charge on any atom is -0.351 e. The van der Waals surface area contributed by atoms with E-state index in [0.29, 0.717) is 0 Å². The van der Waals surface area contributed by atoms with Gasteiger partial charge in [-0.2, -0.15) is 0 Å². The number of para-hydroxylation sites is 3. The Kier molecular flexibility index (Phi) is 12.9. The Hall–Kier alpha value is -6.30. The highest BCUT2D eigenvalue weighted by Gasteiger charge is 2.36. The Labute approximate surface area is 311 Å². The molecule has 0 saturated heterocycles. The molecule has 0 bridgehead atoms. The molecule has 6 aromatic carbocycles. The van der Waals surface area contributed by atoms with E-state index in [1.165, 1.54) is 16.7 Å². The second kappa shape index (κ2) is 18.1. The van der Waals surface area contributed by atoms with Crippen molar-refractivity contribution in [3.05, 3.63) is 223 Å². The Morgan fingerprint density at radius 3 is 1.48 bits per heavy atom. The van der Waals surface area contributed by atoms with E-state index in [1.54, 1.807) is 0 Å². The third kappa shape index (κ3) is 9.08. The first-order valence-electron chi connectivity index (χ1n) is 18.0. The highest BCUT2D eigenvalue weighted by molar-refractivity contribution is 5.90. The summed E-state index contributed by atoms with van der Waals surface area (Å²) in [5, 5.41) is 0. The summed E-state index contributed by atoms with van der Waals surface area (Å²) in [5.74, 6) is 6.80. The SMILES string of the molecule is C=C1/C(=C\C=C\N(C)c2ccccc2)c2ccc(C#Cc3ccc(N(c4ccccc4)c4ccccc4)cc3)cc2C1(C)C.CC.c1ccccc1. The monoisotopic (exact) mass is 676 g/mol. The van der Waals surface area contributed by atoms with Gasteiger partial charge in [-0.1, -0.05) is 149 Å². The Balaban J connectivity index is 0.000000586. The topological polar surface area (TPSA) is 6.48 Å². The number of anilines is 4. The van der Waals surface area contributed by atoms with Crippen LogP contribution in [0.4, 0.5) is 22.7 Å². The van der Waals surface area contributed by atoms with Gasteiger partial charge in [0.15, 0.2) is 0 Å². The fraction of sp³-hybridized carbons (Fsp3) is 0.120. The molecule has 0 amide bonds. The fourth-order valence-corrected chi connectivity index (χ4v) is 6.07. The molecule has 0 saturated carbocycles. The second-order valence-corrected chi connectivity index (χ2v) is 12.7. The van der Waals surface area contributed by atoms with E-state index in [2.05, 4.69) is 183 Å². The lowest BCUT2D eigenvalue weighted by Gasteiger charge is -2.25. The van der Waals surface area contributed by atoms with E-state index in [9.17, 15) is 0 Å². The smallest absolute Gasteiger partial charge is 0.0462 e. The quantitative estimate of drug-likeness (QED) is 0.162. The zero-order valence-corrected chi connectivity index (χ0v) is 31.0. The molecule has 0 unspecified atom stereocenters. The standard InChI is InChI=1S/C42H36N2.C6H6.C2H6/c1-32-39(21-14-30-43(4)35-15-8-5-9-16-35)40-29-26-34(31-41(40)42(32,2)3)23-22-33-24-27-38(28-25-33)44(36-17-10-6-11-18-36)37-19-12-7-13-20-37;1-2-4-6-5-3-1;1-2/h5-21,24-31H,1H2,2-4H3;1-6H;1-2H3/b30-14+,39-21+;;. The second-order valence-electron chi connectivity index (χ2n) is 12.7. The van der Waals surface area contributed by atoms with Crippen molar-refractivity contribution in [1.29, 1.82) is 0 Å². The number of benzene rings is 6. The average Bonchev–Trinajstić information content (AvgIpc) is 3.40. The molecule has 1 aliphatic rings. The average molecular weight is 677 g/mol. The summed E-state index contributed by atoms with van der Waals surface area (Å²) in [6.07, 6.45) is 6.37. The summed E-state index contributed by atoms with van der Waals surface area (Å²) in [6.45, 7) is 13.0. The zero-order chi connectivity index (χ0) is 36.8. The van der Waals surface area contributed by atoms with Crippen molar-refractivity contribution >= 4 is 28.3 Å². The van der Waals surface area contributed by atoms with E-state index in [1.807, 2.05) is 68.4 Å². The van der Waals surface area contributed by atoms with Crippen LogP contribution in [0.3, 0.4) is 0 Å². The van der Waals surface area contributed by atoms with Gasteiger partial charge in [-0.05, 0) is 101 Å². The maximum absolute atomic E-state index is 4.49. The third-order valence-electron chi connectivity index (χ3n) is 8.97. The van der Waals surface area contributed by atoms with Gasteiger partial charge < -0.3 is 9.80 Å². The van der Waals surface area contributed by atoms with Gasteiger partial charge in [0.1, 0.15) is 0 Å². The van der Waals surface area contributed by atoms with Gasteiger partial charge in [0, 0.05) is 52.5 Å². The van der Waals surface area contributed by atoms with Crippen molar-refractivity contribution in [2.45, 2.75) is 33.1 Å². The number of nitrogens with zero attached hydrogens (tertiary/aromatic N) is 2. The van der Waals surface area contributed by atoms with Crippen molar-refractivity contribution in [3.63, 3.8) is 0 Å². The van der Waals surface area contributed by atoms with Crippen LogP contribution < -0.4 is 9.80 Å². The van der Waals surface area contributed by atoms with Crippen LogP contribution in [0.25, 0.3) is 5.57 Å². The molecule has 0 heterocycles. The molecule has 0 N–H and O–H groups in total. The molecule has 0 atom stereocenters. The molecule has 0 radical (unpaired) electrons. The van der Waals surface area contributed by atoms with Crippen LogP contribution in [0, 0.1) is 11.8 Å². The lowest BCUT2D eigenvalue weighted by molar-refractivity contribution is 0.663. The van der Waals surface area contributed by atoms with Crippen molar-refractivity contribution in [2.75, 3.05) is 16.8 Å². The summed E-state index contributed by atoms with van der Waals surface area (Å²) < 4.78 is 0. The predicted molar refractivity (Wildman–Crippen MR) is 225 cm³/mol. The zero-order valence-electron chi connectivity index (χ0n) is 31.0. The first kappa shape index (κ1) is 37.0. The van der Waals surface area contributed by atoms with E-state index in [0.717, 1.165) is 39.4 Å². The predicted octanol–water partition coefficient (Wildman–Crippen LogP) is 13.1. The number of fused-ring (bicyclic) bond motifs is 1. The summed E-state index contributed by atoms with van der Waals surface area (Å²) in [4.78, 5) is 4.37. The number of allylic oxidation sites excluding steroid dienone is 4. The lowest BCUT2D eigenvalue weighted by atomic mass is 9.82. The Morgan fingerprint density at radius 1 is 0.538 bits per heavy atom. The van der Waals surface area contributed by atoms with E-state index < -0.39 is 0 Å². The first-order valence-corrected chi connectivity index (χ1v) is 18.0. The van der Waals surface area contributed by atoms with Gasteiger partial charge in [-0.3, -0.25) is 0 Å². The minimum atomic E-state index is -0.169. The van der Waals surface area contributed by atoms with Crippen LogP contribution in [-0.2, 0) is 5.41 Å². The maximum Gasteiger partial charge on any atom is 0.0462 e. The van der Waals surface area contributed by atoms with E-state index >= 15 is 0 Å². The molecule has 0 aliphatic heterocycles. The van der Waals surface area contributed by atoms with Crippen LogP contribution in [0.1, 0.15) is 49.9 Å². The summed E-state index contributed by atoms with van der Waals surface area (Å²) in [7, 11) is 2.06. The fourth-order valence-electron chi connectivity index (χ4n) is 6.07. The summed E-state index contributed by atoms with van der Waals surface area (Å²) >= 11 is 0. The summed E-state index contributed by atoms with van der Waals surface area (Å²) in [6, 6.07) is 58.2. The Bertz CT molecular complexity index is 2070. The minimum absolute atomic E-state index is 0.169. The van der Waals surface area contributed by atoms with E-state index in [4.69, 9.17) is 0 Å². The van der Waals surface area contributed by atoms with Crippen LogP contribution >= 0.6 is 0 Å². The molecular weight excluding hydrogens is 629 g/mol. The number of rotatable bonds is 6. The molecule has 2 nitrogen and oxygen atoms in total. The van der Waals surface area contributed by atoms with Crippen molar-refractivity contribution < 1.29 is 0 Å². The summed E-state index contributed by atoms with van der Waals surface area (Å²) in [5.41, 5.74) is 11.1. The van der Waals surface area contributed by atoms with Gasteiger partial charge >= 0.3 is 0 Å². The molecule has 2 heteroatoms. The van der Waals surface area contributed by atoms with Crippen molar-refractivity contribution in [1.82, 2.24) is 0 Å². The van der Waals surface area contributed by atoms with Crippen molar-refractivity contribution in [2.24, 2.45) is 0 Å². The molecular formula is C50H48N2. The molecule has 0 fully saturated rings. The molecule has 258 valence electrons. The Morgan fingerprint density at radius 2 is 0.962 bits per heavy atom. The lowest BCUT2D eigenvalue weighted by Crippen LogP contribution is -2.14. The van der Waals surface area contributed by atoms with Gasteiger partial charge in [0.2, 0.25) is 0 Å². The van der Waals surface area contributed by atoms with Gasteiger partial charge in [-0.25, -0.2) is 0 Å². The molecule has 0 spiro atoms. The largest absolute Gasteiger partial charge is 0.351 e. The van der Waals surface area contributed by atoms with Gasteiger partial charge in [0.05, 0.1) is 0 Å². The maximum atomic E-state index is 4.49. The van der Waals surface area contributed by atoms with Gasteiger partial charge in [0.25, 0.3) is 0 Å². The highest BCUT2D eigenvalue weighted by atomic mass is 15.1.